The minimum Gasteiger partial charge on any atom is -0.375 e. The second kappa shape index (κ2) is 9.97. The predicted molar refractivity (Wildman–Crippen MR) is 127 cm³/mol. The van der Waals surface area contributed by atoms with Crippen LogP contribution in [0.3, 0.4) is 0 Å². The minimum atomic E-state index is -1.44. The molecule has 2 aromatic rings. The van der Waals surface area contributed by atoms with Gasteiger partial charge in [-0.3, -0.25) is 4.79 Å². The number of carbonyl (C=O) groups is 1. The van der Waals surface area contributed by atoms with Gasteiger partial charge in [0.25, 0.3) is 5.91 Å². The molecule has 0 radical (unpaired) electrons. The molecular weight excluding hydrogens is 384 g/mol. The Morgan fingerprint density at radius 1 is 1.03 bits per heavy atom. The van der Waals surface area contributed by atoms with Crippen LogP contribution in [-0.2, 0) is 16.8 Å². The summed E-state index contributed by atoms with van der Waals surface area (Å²) in [5, 5.41) is 11.5. The molecule has 1 aliphatic heterocycles. The van der Waals surface area contributed by atoms with E-state index in [9.17, 15) is 9.90 Å². The molecule has 4 heteroatoms. The van der Waals surface area contributed by atoms with Crippen LogP contribution in [0.15, 0.2) is 60.7 Å². The Morgan fingerprint density at radius 2 is 1.58 bits per heavy atom. The number of carbonyl (C=O) groups excluding carboxylic acids is 1. The number of likely N-dealkylation sites (N-methyl/N-ethyl adjacent to an activating group) is 1. The SMILES string of the molecule is CC(C)CC(O)(C(=O)N1CCC([N+](C)(C)CCc2ccccc2)CC1)c1ccccc1. The van der Waals surface area contributed by atoms with Crippen molar-refractivity contribution >= 4 is 5.91 Å². The van der Waals surface area contributed by atoms with Gasteiger partial charge in [0, 0.05) is 32.4 Å². The van der Waals surface area contributed by atoms with Crippen molar-refractivity contribution in [3.8, 4) is 0 Å². The van der Waals surface area contributed by atoms with Gasteiger partial charge in [0.05, 0.1) is 26.7 Å². The first kappa shape index (κ1) is 23.5. The van der Waals surface area contributed by atoms with Crippen LogP contribution in [0.2, 0.25) is 0 Å². The van der Waals surface area contributed by atoms with Gasteiger partial charge >= 0.3 is 0 Å². The summed E-state index contributed by atoms with van der Waals surface area (Å²) in [5.41, 5.74) is 0.637. The van der Waals surface area contributed by atoms with Crippen molar-refractivity contribution in [1.29, 1.82) is 0 Å². The van der Waals surface area contributed by atoms with Crippen molar-refractivity contribution in [2.75, 3.05) is 33.7 Å². The Hall–Kier alpha value is -2.17. The maximum Gasteiger partial charge on any atom is 0.259 e. The molecule has 0 bridgehead atoms. The molecule has 1 amide bonds. The van der Waals surface area contributed by atoms with Gasteiger partial charge in [-0.05, 0) is 23.5 Å². The zero-order chi connectivity index (χ0) is 22.5. The molecule has 0 aromatic heterocycles. The lowest BCUT2D eigenvalue weighted by molar-refractivity contribution is -0.916. The fourth-order valence-electron chi connectivity index (χ4n) is 4.91. The molecule has 1 saturated heterocycles. The number of hydrogen-bond acceptors (Lipinski definition) is 2. The summed E-state index contributed by atoms with van der Waals surface area (Å²) in [4.78, 5) is 15.4. The lowest BCUT2D eigenvalue weighted by Gasteiger charge is -2.44. The van der Waals surface area contributed by atoms with Crippen LogP contribution in [0.5, 0.6) is 0 Å². The summed E-state index contributed by atoms with van der Waals surface area (Å²) in [7, 11) is 4.62. The van der Waals surface area contributed by atoms with E-state index in [1.807, 2.05) is 35.2 Å². The summed E-state index contributed by atoms with van der Waals surface area (Å²) in [6, 6.07) is 20.6. The minimum absolute atomic E-state index is 0.138. The summed E-state index contributed by atoms with van der Waals surface area (Å²) >= 11 is 0. The molecule has 1 aliphatic rings. The number of aliphatic hydroxyl groups is 1. The van der Waals surface area contributed by atoms with Crippen molar-refractivity contribution in [2.45, 2.75) is 51.2 Å². The first-order chi connectivity index (χ1) is 14.7. The fraction of sp³-hybridized carbons (Fsp3) is 0.519. The molecule has 1 heterocycles. The molecule has 3 rings (SSSR count). The van der Waals surface area contributed by atoms with E-state index < -0.39 is 5.60 Å². The molecule has 31 heavy (non-hydrogen) atoms. The second-order valence-corrected chi connectivity index (χ2v) is 10.1. The Bertz CT molecular complexity index is 827. The molecule has 1 atom stereocenters. The number of piperidine rings is 1. The van der Waals surface area contributed by atoms with E-state index in [0.717, 1.165) is 30.3 Å². The highest BCUT2D eigenvalue weighted by molar-refractivity contribution is 5.86. The van der Waals surface area contributed by atoms with Crippen molar-refractivity contribution in [2.24, 2.45) is 5.92 Å². The molecule has 168 valence electrons. The highest BCUT2D eigenvalue weighted by Gasteiger charge is 2.43. The van der Waals surface area contributed by atoms with Gasteiger partial charge in [-0.1, -0.05) is 74.5 Å². The van der Waals surface area contributed by atoms with E-state index in [1.165, 1.54) is 5.56 Å². The maximum atomic E-state index is 13.5. The zero-order valence-electron chi connectivity index (χ0n) is 19.6. The van der Waals surface area contributed by atoms with Gasteiger partial charge in [0.1, 0.15) is 0 Å². The fourth-order valence-corrected chi connectivity index (χ4v) is 4.91. The summed E-state index contributed by atoms with van der Waals surface area (Å²) in [6.07, 6.45) is 3.45. The van der Waals surface area contributed by atoms with E-state index in [4.69, 9.17) is 0 Å². The van der Waals surface area contributed by atoms with Gasteiger partial charge in [0.2, 0.25) is 0 Å². The van der Waals surface area contributed by atoms with Crippen LogP contribution >= 0.6 is 0 Å². The van der Waals surface area contributed by atoms with Crippen molar-refractivity contribution in [1.82, 2.24) is 4.90 Å². The van der Waals surface area contributed by atoms with Crippen LogP contribution < -0.4 is 0 Å². The number of amides is 1. The molecule has 4 nitrogen and oxygen atoms in total. The van der Waals surface area contributed by atoms with Crippen molar-refractivity contribution in [3.63, 3.8) is 0 Å². The van der Waals surface area contributed by atoms with Gasteiger partial charge in [0.15, 0.2) is 5.60 Å². The van der Waals surface area contributed by atoms with Crippen LogP contribution in [0.25, 0.3) is 0 Å². The van der Waals surface area contributed by atoms with E-state index in [-0.39, 0.29) is 11.8 Å². The topological polar surface area (TPSA) is 40.5 Å². The number of hydrogen-bond donors (Lipinski definition) is 1. The summed E-state index contributed by atoms with van der Waals surface area (Å²) < 4.78 is 0.964. The van der Waals surface area contributed by atoms with Gasteiger partial charge in [-0.2, -0.15) is 0 Å². The Labute approximate surface area is 188 Å². The van der Waals surface area contributed by atoms with Crippen LogP contribution in [-0.4, -0.2) is 60.2 Å². The van der Waals surface area contributed by atoms with Gasteiger partial charge < -0.3 is 14.5 Å². The lowest BCUT2D eigenvalue weighted by atomic mass is 9.83. The smallest absolute Gasteiger partial charge is 0.259 e. The zero-order valence-corrected chi connectivity index (χ0v) is 19.6. The Balaban J connectivity index is 1.63. The van der Waals surface area contributed by atoms with Crippen LogP contribution in [0.1, 0.15) is 44.2 Å². The molecule has 0 saturated carbocycles. The molecule has 1 unspecified atom stereocenters. The third-order valence-electron chi connectivity index (χ3n) is 6.87. The van der Waals surface area contributed by atoms with Crippen LogP contribution in [0, 0.1) is 5.92 Å². The Kier molecular flexibility index (Phi) is 7.55. The first-order valence-electron chi connectivity index (χ1n) is 11.7. The average Bonchev–Trinajstić information content (AvgIpc) is 2.78. The van der Waals surface area contributed by atoms with Gasteiger partial charge in [-0.15, -0.1) is 0 Å². The maximum absolute atomic E-state index is 13.5. The second-order valence-electron chi connectivity index (χ2n) is 10.1. The summed E-state index contributed by atoms with van der Waals surface area (Å²) in [6.45, 7) is 6.62. The summed E-state index contributed by atoms with van der Waals surface area (Å²) in [5.74, 6) is 0.0840. The Morgan fingerprint density at radius 3 is 2.13 bits per heavy atom. The number of likely N-dealkylation sites (tertiary alicyclic amines) is 1. The molecule has 2 aromatic carbocycles. The third-order valence-corrected chi connectivity index (χ3v) is 6.87. The number of quaternary nitrogens is 1. The van der Waals surface area contributed by atoms with Crippen molar-refractivity contribution < 1.29 is 14.4 Å². The molecule has 0 spiro atoms. The number of benzene rings is 2. The highest BCUT2D eigenvalue weighted by Crippen LogP contribution is 2.32. The number of nitrogens with zero attached hydrogens (tertiary/aromatic N) is 2. The van der Waals surface area contributed by atoms with Crippen molar-refractivity contribution in [3.05, 3.63) is 71.8 Å². The molecular formula is C27H39N2O2+. The quantitative estimate of drug-likeness (QED) is 0.646. The standard InChI is InChI=1S/C27H39N2O2/c1-22(2)21-27(31,24-13-9-6-10-14-24)26(30)28-18-15-25(16-19-28)29(3,4)20-17-23-11-7-5-8-12-23/h5-14,22,25,31H,15-21H2,1-4H3/q+1. The monoisotopic (exact) mass is 423 g/mol. The molecule has 0 aliphatic carbocycles. The van der Waals surface area contributed by atoms with E-state index in [1.54, 1.807) is 0 Å². The molecule has 1 fully saturated rings. The first-order valence-corrected chi connectivity index (χ1v) is 11.7. The lowest BCUT2D eigenvalue weighted by Crippen LogP contribution is -2.57. The largest absolute Gasteiger partial charge is 0.375 e. The number of rotatable bonds is 8. The van der Waals surface area contributed by atoms with Gasteiger partial charge in [-0.25, -0.2) is 0 Å². The molecule has 1 N–H and O–H groups in total. The van der Waals surface area contributed by atoms with Crippen LogP contribution in [0.4, 0.5) is 0 Å². The van der Waals surface area contributed by atoms with E-state index >= 15 is 0 Å². The van der Waals surface area contributed by atoms with E-state index in [2.05, 4.69) is 58.3 Å². The average molecular weight is 424 g/mol. The third kappa shape index (κ3) is 5.75. The van der Waals surface area contributed by atoms with E-state index in [0.29, 0.717) is 31.1 Å². The normalized spacial score (nSPS) is 17.5. The highest BCUT2D eigenvalue weighted by atomic mass is 16.3. The predicted octanol–water partition coefficient (Wildman–Crippen LogP) is 4.23.